The number of aryl methyl sites for hydroxylation is 1. The van der Waals surface area contributed by atoms with E-state index in [1.54, 1.807) is 32.6 Å². The Bertz CT molecular complexity index is 859. The van der Waals surface area contributed by atoms with Crippen LogP contribution in [0.5, 0.6) is 0 Å². The van der Waals surface area contributed by atoms with Crippen molar-refractivity contribution in [2.45, 2.75) is 98.5 Å². The van der Waals surface area contributed by atoms with Crippen LogP contribution in [0.1, 0.15) is 77.6 Å². The first-order valence-corrected chi connectivity index (χ1v) is 11.4. The van der Waals surface area contributed by atoms with Gasteiger partial charge in [-0.15, -0.1) is 0 Å². The Kier molecular flexibility index (Phi) is 7.97. The molecule has 0 heterocycles. The van der Waals surface area contributed by atoms with E-state index in [9.17, 15) is 14.4 Å². The van der Waals surface area contributed by atoms with Gasteiger partial charge in [-0.25, -0.2) is 4.79 Å². The van der Waals surface area contributed by atoms with Gasteiger partial charge in [-0.3, -0.25) is 9.59 Å². The quantitative estimate of drug-likeness (QED) is 0.664. The van der Waals surface area contributed by atoms with E-state index >= 15 is 0 Å². The van der Waals surface area contributed by atoms with Crippen LogP contribution in [-0.2, 0) is 14.3 Å². The first kappa shape index (κ1) is 25.7. The number of hydrogen-bond acceptors (Lipinski definition) is 4. The first-order chi connectivity index (χ1) is 14.7. The Morgan fingerprint density at radius 3 is 2.19 bits per heavy atom. The van der Waals surface area contributed by atoms with Gasteiger partial charge in [-0.2, -0.15) is 0 Å². The number of nitrogens with zero attached hydrogens (tertiary/aromatic N) is 1. The second-order valence-electron chi connectivity index (χ2n) is 10.2. The van der Waals surface area contributed by atoms with Crippen molar-refractivity contribution in [1.82, 2.24) is 15.5 Å². The van der Waals surface area contributed by atoms with Crippen LogP contribution in [0.4, 0.5) is 4.79 Å². The normalized spacial score (nSPS) is 19.7. The Morgan fingerprint density at radius 1 is 1.09 bits per heavy atom. The zero-order chi connectivity index (χ0) is 24.4. The molecule has 1 aliphatic rings. The highest BCUT2D eigenvalue weighted by atomic mass is 16.6. The Morgan fingerprint density at radius 2 is 1.69 bits per heavy atom. The minimum Gasteiger partial charge on any atom is -0.444 e. The Balaban J connectivity index is 2.43. The Hall–Kier alpha value is -2.57. The van der Waals surface area contributed by atoms with E-state index < -0.39 is 23.8 Å². The fraction of sp³-hybridized carbons (Fsp3) is 0.640. The zero-order valence-electron chi connectivity index (χ0n) is 20.9. The van der Waals surface area contributed by atoms with Crippen LogP contribution >= 0.6 is 0 Å². The molecule has 2 rings (SSSR count). The molecule has 7 nitrogen and oxygen atoms in total. The van der Waals surface area contributed by atoms with Gasteiger partial charge in [0.25, 0.3) is 0 Å². The monoisotopic (exact) mass is 445 g/mol. The summed E-state index contributed by atoms with van der Waals surface area (Å²) >= 11 is 0. The van der Waals surface area contributed by atoms with Crippen LogP contribution < -0.4 is 10.6 Å². The van der Waals surface area contributed by atoms with Crippen molar-refractivity contribution < 1.29 is 19.1 Å². The number of carbonyl (C=O) groups is 3. The van der Waals surface area contributed by atoms with Crippen molar-refractivity contribution in [2.75, 3.05) is 0 Å². The van der Waals surface area contributed by atoms with Crippen LogP contribution in [0, 0.1) is 19.8 Å². The van der Waals surface area contributed by atoms with Gasteiger partial charge < -0.3 is 20.3 Å². The fourth-order valence-electron chi connectivity index (χ4n) is 3.79. The third kappa shape index (κ3) is 6.47. The molecule has 0 aliphatic heterocycles. The van der Waals surface area contributed by atoms with E-state index in [0.717, 1.165) is 23.1 Å². The predicted molar refractivity (Wildman–Crippen MR) is 125 cm³/mol. The van der Waals surface area contributed by atoms with E-state index in [1.165, 1.54) is 0 Å². The SMILES string of the molecule is Cc1cccc(C(C(=O)NC(C)C)N(C(=O)C(C)NC(=O)OC(C)(C)C)C2CC2C)c1C. The van der Waals surface area contributed by atoms with Gasteiger partial charge in [0.1, 0.15) is 17.7 Å². The van der Waals surface area contributed by atoms with E-state index in [2.05, 4.69) is 17.6 Å². The van der Waals surface area contributed by atoms with E-state index in [1.807, 2.05) is 45.9 Å². The van der Waals surface area contributed by atoms with Gasteiger partial charge in [0.15, 0.2) is 0 Å². The van der Waals surface area contributed by atoms with E-state index in [4.69, 9.17) is 4.74 Å². The summed E-state index contributed by atoms with van der Waals surface area (Å²) in [5.74, 6) is -0.229. The van der Waals surface area contributed by atoms with E-state index in [-0.39, 0.29) is 29.8 Å². The molecule has 1 fully saturated rings. The Labute approximate surface area is 192 Å². The molecule has 7 heteroatoms. The second kappa shape index (κ2) is 9.92. The van der Waals surface area contributed by atoms with Gasteiger partial charge >= 0.3 is 6.09 Å². The molecule has 1 aromatic rings. The summed E-state index contributed by atoms with van der Waals surface area (Å²) in [5.41, 5.74) is 2.17. The summed E-state index contributed by atoms with van der Waals surface area (Å²) in [4.78, 5) is 41.0. The highest BCUT2D eigenvalue weighted by molar-refractivity contribution is 5.92. The number of ether oxygens (including phenoxy) is 1. The summed E-state index contributed by atoms with van der Waals surface area (Å²) in [6, 6.07) is 4.07. The van der Waals surface area contributed by atoms with Crippen LogP contribution in [0.3, 0.4) is 0 Å². The van der Waals surface area contributed by atoms with Crippen molar-refractivity contribution in [3.63, 3.8) is 0 Å². The molecule has 4 atom stereocenters. The molecule has 1 saturated carbocycles. The number of hydrogen-bond donors (Lipinski definition) is 2. The highest BCUT2D eigenvalue weighted by Gasteiger charge is 2.48. The molecule has 2 N–H and O–H groups in total. The van der Waals surface area contributed by atoms with Gasteiger partial charge in [-0.05, 0) is 84.4 Å². The fourth-order valence-corrected chi connectivity index (χ4v) is 3.79. The lowest BCUT2D eigenvalue weighted by atomic mass is 9.94. The van der Waals surface area contributed by atoms with Crippen molar-refractivity contribution in [3.8, 4) is 0 Å². The number of rotatable bonds is 7. The van der Waals surface area contributed by atoms with Gasteiger partial charge in [0.05, 0.1) is 0 Å². The van der Waals surface area contributed by atoms with Crippen molar-refractivity contribution in [3.05, 3.63) is 34.9 Å². The molecule has 0 aromatic heterocycles. The molecule has 0 bridgehead atoms. The molecule has 0 spiro atoms. The molecular weight excluding hydrogens is 406 g/mol. The first-order valence-electron chi connectivity index (χ1n) is 11.4. The van der Waals surface area contributed by atoms with Gasteiger partial charge in [0, 0.05) is 12.1 Å². The zero-order valence-corrected chi connectivity index (χ0v) is 20.9. The molecule has 178 valence electrons. The summed E-state index contributed by atoms with van der Waals surface area (Å²) in [6.07, 6.45) is 0.165. The van der Waals surface area contributed by atoms with Crippen LogP contribution in [0.15, 0.2) is 18.2 Å². The average molecular weight is 446 g/mol. The molecule has 4 unspecified atom stereocenters. The number of amides is 3. The van der Waals surface area contributed by atoms with E-state index in [0.29, 0.717) is 0 Å². The molecule has 32 heavy (non-hydrogen) atoms. The lowest BCUT2D eigenvalue weighted by Gasteiger charge is -2.35. The van der Waals surface area contributed by atoms with Crippen molar-refractivity contribution >= 4 is 17.9 Å². The molecule has 1 aliphatic carbocycles. The molecule has 0 radical (unpaired) electrons. The van der Waals surface area contributed by atoms with Crippen LogP contribution in [0.2, 0.25) is 0 Å². The molecule has 0 saturated heterocycles. The summed E-state index contributed by atoms with van der Waals surface area (Å²) in [6.45, 7) is 16.8. The van der Waals surface area contributed by atoms with Gasteiger partial charge in [-0.1, -0.05) is 25.1 Å². The van der Waals surface area contributed by atoms with Crippen LogP contribution in [0.25, 0.3) is 0 Å². The number of benzene rings is 1. The maximum atomic E-state index is 13.6. The number of carbonyl (C=O) groups excluding carboxylic acids is 3. The lowest BCUT2D eigenvalue weighted by Crippen LogP contribution is -2.53. The second-order valence-corrected chi connectivity index (χ2v) is 10.2. The number of nitrogens with one attached hydrogen (secondary N) is 2. The topological polar surface area (TPSA) is 87.7 Å². The number of alkyl carbamates (subject to hydrolysis) is 1. The third-order valence-corrected chi connectivity index (χ3v) is 5.68. The van der Waals surface area contributed by atoms with Crippen molar-refractivity contribution in [2.24, 2.45) is 5.92 Å². The minimum atomic E-state index is -0.836. The highest BCUT2D eigenvalue weighted by Crippen LogP contribution is 2.41. The molecule has 1 aromatic carbocycles. The average Bonchev–Trinajstić information content (AvgIpc) is 3.35. The van der Waals surface area contributed by atoms with Crippen molar-refractivity contribution in [1.29, 1.82) is 0 Å². The maximum Gasteiger partial charge on any atom is 0.408 e. The maximum absolute atomic E-state index is 13.6. The standard InChI is InChI=1S/C25H39N3O4/c1-14(2)26-22(29)21(19-12-10-11-15(3)17(19)5)28(20-13-16(20)4)23(30)18(6)27-24(31)32-25(7,8)9/h10-12,14,16,18,20-21H,13H2,1-9H3,(H,26,29)(H,27,31). The van der Waals surface area contributed by atoms with Crippen LogP contribution in [-0.4, -0.2) is 46.5 Å². The summed E-state index contributed by atoms with van der Waals surface area (Å²) in [5, 5.41) is 5.63. The smallest absolute Gasteiger partial charge is 0.408 e. The third-order valence-electron chi connectivity index (χ3n) is 5.68. The minimum absolute atomic E-state index is 0.0618. The largest absolute Gasteiger partial charge is 0.444 e. The summed E-state index contributed by atoms with van der Waals surface area (Å²) in [7, 11) is 0. The summed E-state index contributed by atoms with van der Waals surface area (Å²) < 4.78 is 5.32. The van der Waals surface area contributed by atoms with Gasteiger partial charge in [0.2, 0.25) is 11.8 Å². The lowest BCUT2D eigenvalue weighted by molar-refractivity contribution is -0.143. The predicted octanol–water partition coefficient (Wildman–Crippen LogP) is 4.02. The molecule has 3 amide bonds. The molecular formula is C25H39N3O4.